The minimum Gasteiger partial charge on any atom is -0.493 e. The van der Waals surface area contributed by atoms with Crippen molar-refractivity contribution in [3.63, 3.8) is 0 Å². The molecule has 5 aromatic rings. The van der Waals surface area contributed by atoms with E-state index in [4.69, 9.17) is 24.7 Å². The molecule has 0 amide bonds. The lowest BCUT2D eigenvalue weighted by Gasteiger charge is -2.21. The van der Waals surface area contributed by atoms with Crippen molar-refractivity contribution in [2.45, 2.75) is 13.0 Å². The van der Waals surface area contributed by atoms with Crippen LogP contribution in [0.1, 0.15) is 27.3 Å². The standard InChI is InChI=1S/C33H31N3O6/c1-39-26-17-22(18-27(40-2)31(26)41-3)28-25-10-7-8-21(16-23-9-5-6-15-35-23)29(25)32(37)36(30(28)33(38)42-4)24-13-11-20(19-34)12-14-24/h5-15,17-18H,16,19,34H2,1-4H3. The highest BCUT2D eigenvalue weighted by Crippen LogP contribution is 2.44. The van der Waals surface area contributed by atoms with Crippen molar-refractivity contribution >= 4 is 16.7 Å². The Morgan fingerprint density at radius 1 is 0.881 bits per heavy atom. The van der Waals surface area contributed by atoms with E-state index in [9.17, 15) is 9.59 Å². The predicted octanol–water partition coefficient (Wildman–Crippen LogP) is 4.91. The van der Waals surface area contributed by atoms with Crippen LogP contribution in [0.2, 0.25) is 0 Å². The van der Waals surface area contributed by atoms with Crippen molar-refractivity contribution in [2.75, 3.05) is 28.4 Å². The van der Waals surface area contributed by atoms with Crippen LogP contribution in [0.5, 0.6) is 17.2 Å². The molecule has 2 heterocycles. The lowest BCUT2D eigenvalue weighted by molar-refractivity contribution is 0.0591. The van der Waals surface area contributed by atoms with Crippen LogP contribution < -0.4 is 25.5 Å². The molecule has 9 heteroatoms. The Morgan fingerprint density at radius 2 is 1.60 bits per heavy atom. The molecular formula is C33H31N3O6. The summed E-state index contributed by atoms with van der Waals surface area (Å²) >= 11 is 0. The normalized spacial score (nSPS) is 10.9. The van der Waals surface area contributed by atoms with E-state index in [0.29, 0.717) is 57.8 Å². The predicted molar refractivity (Wildman–Crippen MR) is 161 cm³/mol. The molecule has 9 nitrogen and oxygen atoms in total. The third-order valence-corrected chi connectivity index (χ3v) is 7.16. The molecule has 42 heavy (non-hydrogen) atoms. The fourth-order valence-electron chi connectivity index (χ4n) is 5.19. The lowest BCUT2D eigenvalue weighted by Crippen LogP contribution is -2.27. The van der Waals surface area contributed by atoms with Gasteiger partial charge in [0.2, 0.25) is 5.75 Å². The topological polar surface area (TPSA) is 115 Å². The number of nitrogens with two attached hydrogens (primary N) is 1. The summed E-state index contributed by atoms with van der Waals surface area (Å²) in [5.74, 6) is 0.501. The number of rotatable bonds is 9. The van der Waals surface area contributed by atoms with Crippen LogP contribution in [0.25, 0.3) is 27.6 Å². The molecule has 214 valence electrons. The number of hydrogen-bond donors (Lipinski definition) is 1. The van der Waals surface area contributed by atoms with Crippen molar-refractivity contribution in [1.29, 1.82) is 0 Å². The Labute approximate surface area is 243 Å². The molecule has 0 radical (unpaired) electrons. The van der Waals surface area contributed by atoms with E-state index in [0.717, 1.165) is 16.8 Å². The number of nitrogens with zero attached hydrogens (tertiary/aromatic N) is 2. The molecule has 0 saturated heterocycles. The van der Waals surface area contributed by atoms with Gasteiger partial charge in [-0.1, -0.05) is 36.4 Å². The molecule has 0 atom stereocenters. The maximum atomic E-state index is 14.5. The quantitative estimate of drug-likeness (QED) is 0.251. The zero-order valence-corrected chi connectivity index (χ0v) is 23.8. The smallest absolute Gasteiger partial charge is 0.355 e. The zero-order chi connectivity index (χ0) is 29.8. The first-order valence-electron chi connectivity index (χ1n) is 13.2. The number of methoxy groups -OCH3 is 4. The first-order chi connectivity index (χ1) is 20.4. The maximum Gasteiger partial charge on any atom is 0.355 e. The zero-order valence-electron chi connectivity index (χ0n) is 23.8. The molecular weight excluding hydrogens is 534 g/mol. The molecule has 5 rings (SSSR count). The second-order valence-corrected chi connectivity index (χ2v) is 9.48. The number of carbonyl (C=O) groups excluding carboxylic acids is 1. The van der Waals surface area contributed by atoms with Crippen LogP contribution in [0.4, 0.5) is 0 Å². The average molecular weight is 566 g/mol. The van der Waals surface area contributed by atoms with Gasteiger partial charge in [-0.2, -0.15) is 0 Å². The fourth-order valence-corrected chi connectivity index (χ4v) is 5.19. The van der Waals surface area contributed by atoms with Gasteiger partial charge in [-0.15, -0.1) is 0 Å². The summed E-state index contributed by atoms with van der Waals surface area (Å²) in [6.45, 7) is 0.335. The largest absolute Gasteiger partial charge is 0.493 e. The molecule has 0 unspecified atom stereocenters. The van der Waals surface area contributed by atoms with E-state index in [1.807, 2.05) is 48.5 Å². The van der Waals surface area contributed by atoms with Gasteiger partial charge in [-0.3, -0.25) is 14.3 Å². The molecule has 0 fully saturated rings. The summed E-state index contributed by atoms with van der Waals surface area (Å²) in [5, 5.41) is 1.01. The van der Waals surface area contributed by atoms with Gasteiger partial charge in [-0.05, 0) is 58.5 Å². The van der Waals surface area contributed by atoms with Gasteiger partial charge in [0.25, 0.3) is 5.56 Å². The summed E-state index contributed by atoms with van der Waals surface area (Å²) in [6, 6.07) is 21.9. The Morgan fingerprint density at radius 3 is 2.17 bits per heavy atom. The maximum absolute atomic E-state index is 14.5. The van der Waals surface area contributed by atoms with E-state index in [-0.39, 0.29) is 11.3 Å². The molecule has 3 aromatic carbocycles. The summed E-state index contributed by atoms with van der Waals surface area (Å²) < 4.78 is 23.5. The van der Waals surface area contributed by atoms with E-state index in [1.54, 1.807) is 30.5 Å². The minimum atomic E-state index is -0.684. The van der Waals surface area contributed by atoms with Crippen LogP contribution in [0.3, 0.4) is 0 Å². The number of hydrogen-bond acceptors (Lipinski definition) is 8. The summed E-state index contributed by atoms with van der Waals surface area (Å²) in [6.07, 6.45) is 2.13. The fraction of sp³-hybridized carbons (Fsp3) is 0.182. The third-order valence-electron chi connectivity index (χ3n) is 7.16. The van der Waals surface area contributed by atoms with Gasteiger partial charge in [0.05, 0.1) is 33.8 Å². The Balaban J connectivity index is 1.97. The second kappa shape index (κ2) is 12.2. The third kappa shape index (κ3) is 5.06. The van der Waals surface area contributed by atoms with Gasteiger partial charge in [0.15, 0.2) is 11.5 Å². The van der Waals surface area contributed by atoms with Gasteiger partial charge in [-0.25, -0.2) is 4.79 Å². The van der Waals surface area contributed by atoms with Gasteiger partial charge >= 0.3 is 5.97 Å². The van der Waals surface area contributed by atoms with E-state index >= 15 is 0 Å². The van der Waals surface area contributed by atoms with Crippen LogP contribution >= 0.6 is 0 Å². The number of carbonyl (C=O) groups is 1. The molecule has 0 aliphatic heterocycles. The first kappa shape index (κ1) is 28.4. The molecule has 0 bridgehead atoms. The Kier molecular flexibility index (Phi) is 8.21. The van der Waals surface area contributed by atoms with Gasteiger partial charge in [0, 0.05) is 36.1 Å². The van der Waals surface area contributed by atoms with Crippen molar-refractivity contribution in [3.8, 4) is 34.1 Å². The minimum absolute atomic E-state index is 0.0553. The highest BCUT2D eigenvalue weighted by atomic mass is 16.5. The van der Waals surface area contributed by atoms with Crippen LogP contribution in [0.15, 0.2) is 83.8 Å². The van der Waals surface area contributed by atoms with Crippen molar-refractivity contribution in [1.82, 2.24) is 9.55 Å². The summed E-state index contributed by atoms with van der Waals surface area (Å²) in [5.41, 5.74) is 9.49. The van der Waals surface area contributed by atoms with Gasteiger partial charge < -0.3 is 24.7 Å². The number of fused-ring (bicyclic) bond motifs is 1. The molecule has 0 saturated carbocycles. The van der Waals surface area contributed by atoms with Crippen LogP contribution in [-0.2, 0) is 17.7 Å². The van der Waals surface area contributed by atoms with Crippen LogP contribution in [0, 0.1) is 0 Å². The molecule has 0 aliphatic carbocycles. The highest BCUT2D eigenvalue weighted by Gasteiger charge is 2.28. The lowest BCUT2D eigenvalue weighted by atomic mass is 9.92. The first-order valence-corrected chi connectivity index (χ1v) is 13.2. The average Bonchev–Trinajstić information content (AvgIpc) is 3.04. The van der Waals surface area contributed by atoms with Gasteiger partial charge in [0.1, 0.15) is 5.69 Å². The number of ether oxygens (including phenoxy) is 4. The SMILES string of the molecule is COC(=O)c1c(-c2cc(OC)c(OC)c(OC)c2)c2cccc(Cc3ccccn3)c2c(=O)n1-c1ccc(CN)cc1. The number of aromatic nitrogens is 2. The van der Waals surface area contributed by atoms with Crippen molar-refractivity contribution < 1.29 is 23.7 Å². The monoisotopic (exact) mass is 565 g/mol. The molecule has 2 aromatic heterocycles. The molecule has 2 N–H and O–H groups in total. The number of benzene rings is 3. The number of pyridine rings is 2. The van der Waals surface area contributed by atoms with Crippen molar-refractivity contribution in [2.24, 2.45) is 5.73 Å². The molecule has 0 aliphatic rings. The summed E-state index contributed by atoms with van der Waals surface area (Å²) in [7, 11) is 5.84. The van der Waals surface area contributed by atoms with E-state index in [1.165, 1.54) is 33.0 Å². The van der Waals surface area contributed by atoms with Crippen LogP contribution in [-0.4, -0.2) is 44.0 Å². The number of esters is 1. The second-order valence-electron chi connectivity index (χ2n) is 9.48. The molecule has 0 spiro atoms. The Hall–Kier alpha value is -5.15. The van der Waals surface area contributed by atoms with E-state index in [2.05, 4.69) is 4.98 Å². The summed E-state index contributed by atoms with van der Waals surface area (Å²) in [4.78, 5) is 32.6. The van der Waals surface area contributed by atoms with E-state index < -0.39 is 5.97 Å². The Bertz CT molecular complexity index is 1790. The van der Waals surface area contributed by atoms with Crippen molar-refractivity contribution in [3.05, 3.63) is 112 Å². The highest BCUT2D eigenvalue weighted by molar-refractivity contribution is 6.08.